The molecule has 1 aliphatic heterocycles. The maximum absolute atomic E-state index is 13.2. The summed E-state index contributed by atoms with van der Waals surface area (Å²) in [6.45, 7) is 0.306. The van der Waals surface area contributed by atoms with E-state index in [1.54, 1.807) is 0 Å². The van der Waals surface area contributed by atoms with Crippen LogP contribution in [0.25, 0.3) is 0 Å². The van der Waals surface area contributed by atoms with Gasteiger partial charge in [0.2, 0.25) is 15.9 Å². The lowest BCUT2D eigenvalue weighted by molar-refractivity contribution is -0.118. The highest BCUT2D eigenvalue weighted by molar-refractivity contribution is 7.89. The number of carbonyl (C=O) groups excluding carboxylic acids is 1. The molecule has 5 nitrogen and oxygen atoms in total. The van der Waals surface area contributed by atoms with Crippen molar-refractivity contribution in [1.29, 1.82) is 0 Å². The molecule has 2 aromatic carbocycles. The Kier molecular flexibility index (Phi) is 4.33. The maximum Gasteiger partial charge on any atom is 0.245 e. The van der Waals surface area contributed by atoms with Gasteiger partial charge in [0.1, 0.15) is 17.7 Å². The second-order valence-corrected chi connectivity index (χ2v) is 7.10. The first-order chi connectivity index (χ1) is 11.4. The highest BCUT2D eigenvalue weighted by Crippen LogP contribution is 2.23. The van der Waals surface area contributed by atoms with Crippen LogP contribution in [0.4, 0.5) is 14.5 Å². The van der Waals surface area contributed by atoms with Crippen molar-refractivity contribution in [2.24, 2.45) is 0 Å². The van der Waals surface area contributed by atoms with Crippen molar-refractivity contribution in [3.05, 3.63) is 60.2 Å². The SMILES string of the molecule is O=C1[C@H](NS(=O)(=O)c2cccc(F)c2)CCN1c1ccc(F)cc1. The van der Waals surface area contributed by atoms with E-state index >= 15 is 0 Å². The molecule has 0 radical (unpaired) electrons. The van der Waals surface area contributed by atoms with E-state index in [1.807, 2.05) is 0 Å². The fraction of sp³-hybridized carbons (Fsp3) is 0.188. The summed E-state index contributed by atoms with van der Waals surface area (Å²) in [5.41, 5.74) is 0.494. The Labute approximate surface area is 138 Å². The quantitative estimate of drug-likeness (QED) is 0.916. The first-order valence-corrected chi connectivity index (χ1v) is 8.70. The van der Waals surface area contributed by atoms with Crippen LogP contribution >= 0.6 is 0 Å². The predicted octanol–water partition coefficient (Wildman–Crippen LogP) is 2.05. The lowest BCUT2D eigenvalue weighted by Gasteiger charge is -2.17. The van der Waals surface area contributed by atoms with Crippen LogP contribution in [0.5, 0.6) is 0 Å². The van der Waals surface area contributed by atoms with E-state index in [9.17, 15) is 22.0 Å². The number of carbonyl (C=O) groups is 1. The number of nitrogens with zero attached hydrogens (tertiary/aromatic N) is 1. The number of amides is 1. The van der Waals surface area contributed by atoms with Crippen molar-refractivity contribution in [2.45, 2.75) is 17.4 Å². The highest BCUT2D eigenvalue weighted by Gasteiger charge is 2.35. The van der Waals surface area contributed by atoms with E-state index in [1.165, 1.54) is 41.3 Å². The Morgan fingerprint density at radius 3 is 2.42 bits per heavy atom. The van der Waals surface area contributed by atoms with Crippen LogP contribution in [0.2, 0.25) is 0 Å². The number of benzene rings is 2. The number of hydrogen-bond acceptors (Lipinski definition) is 3. The lowest BCUT2D eigenvalue weighted by atomic mass is 10.3. The molecule has 0 aromatic heterocycles. The van der Waals surface area contributed by atoms with E-state index in [2.05, 4.69) is 4.72 Å². The van der Waals surface area contributed by atoms with Crippen LogP contribution in [0.3, 0.4) is 0 Å². The van der Waals surface area contributed by atoms with Crippen molar-refractivity contribution in [2.75, 3.05) is 11.4 Å². The first kappa shape index (κ1) is 16.5. The minimum Gasteiger partial charge on any atom is -0.311 e. The standard InChI is InChI=1S/C16H14F2N2O3S/c17-11-4-6-13(7-5-11)20-9-8-15(16(20)21)19-24(22,23)14-3-1-2-12(18)10-14/h1-7,10,15,19H,8-9H2/t15-/m1/s1. The Morgan fingerprint density at radius 2 is 1.75 bits per heavy atom. The second-order valence-electron chi connectivity index (χ2n) is 5.39. The maximum atomic E-state index is 13.2. The Balaban J connectivity index is 1.77. The molecule has 0 saturated carbocycles. The van der Waals surface area contributed by atoms with Crippen LogP contribution in [0.15, 0.2) is 53.4 Å². The summed E-state index contributed by atoms with van der Waals surface area (Å²) in [5.74, 6) is -1.53. The van der Waals surface area contributed by atoms with Gasteiger partial charge in [-0.3, -0.25) is 4.79 Å². The zero-order valence-corrected chi connectivity index (χ0v) is 13.3. The van der Waals surface area contributed by atoms with E-state index in [-0.39, 0.29) is 11.3 Å². The molecule has 126 valence electrons. The van der Waals surface area contributed by atoms with Gasteiger partial charge in [-0.1, -0.05) is 6.07 Å². The van der Waals surface area contributed by atoms with Gasteiger partial charge >= 0.3 is 0 Å². The van der Waals surface area contributed by atoms with Crippen molar-refractivity contribution in [3.63, 3.8) is 0 Å². The van der Waals surface area contributed by atoms with Crippen LogP contribution in [-0.2, 0) is 14.8 Å². The van der Waals surface area contributed by atoms with Crippen LogP contribution in [0, 0.1) is 11.6 Å². The summed E-state index contributed by atoms with van der Waals surface area (Å²) in [6, 6.07) is 8.99. The molecule has 1 N–H and O–H groups in total. The van der Waals surface area contributed by atoms with Gasteiger partial charge in [0.05, 0.1) is 4.90 Å². The van der Waals surface area contributed by atoms with Crippen molar-refractivity contribution < 1.29 is 22.0 Å². The molecule has 0 unspecified atom stereocenters. The molecule has 1 amide bonds. The molecule has 24 heavy (non-hydrogen) atoms. The molecule has 8 heteroatoms. The number of anilines is 1. The Hall–Kier alpha value is -2.32. The summed E-state index contributed by atoms with van der Waals surface area (Å²) < 4.78 is 53.0. The summed E-state index contributed by atoms with van der Waals surface area (Å²) in [5, 5.41) is 0. The third-order valence-electron chi connectivity index (χ3n) is 3.75. The molecule has 0 aliphatic carbocycles. The van der Waals surface area contributed by atoms with Crippen molar-refractivity contribution >= 4 is 21.6 Å². The summed E-state index contributed by atoms with van der Waals surface area (Å²) >= 11 is 0. The molecule has 0 spiro atoms. The Morgan fingerprint density at radius 1 is 1.04 bits per heavy atom. The summed E-state index contributed by atoms with van der Waals surface area (Å²) in [4.78, 5) is 13.5. The monoisotopic (exact) mass is 352 g/mol. The number of halogens is 2. The van der Waals surface area contributed by atoms with Gasteiger partial charge in [-0.15, -0.1) is 0 Å². The number of nitrogens with one attached hydrogen (secondary N) is 1. The van der Waals surface area contributed by atoms with Crippen LogP contribution < -0.4 is 9.62 Å². The average molecular weight is 352 g/mol. The summed E-state index contributed by atoms with van der Waals surface area (Å²) in [6.07, 6.45) is 0.269. The van der Waals surface area contributed by atoms with Gasteiger partial charge < -0.3 is 4.90 Å². The molecule has 1 fully saturated rings. The zero-order valence-electron chi connectivity index (χ0n) is 12.4. The zero-order chi connectivity index (χ0) is 17.3. The molecular formula is C16H14F2N2O3S. The third kappa shape index (κ3) is 3.29. The fourth-order valence-electron chi connectivity index (χ4n) is 2.56. The highest BCUT2D eigenvalue weighted by atomic mass is 32.2. The molecule has 1 atom stereocenters. The van der Waals surface area contributed by atoms with Gasteiger partial charge in [-0.05, 0) is 48.9 Å². The molecular weight excluding hydrogens is 338 g/mol. The smallest absolute Gasteiger partial charge is 0.245 e. The molecule has 1 heterocycles. The van der Waals surface area contributed by atoms with Gasteiger partial charge in [-0.2, -0.15) is 4.72 Å². The predicted molar refractivity (Wildman–Crippen MR) is 83.9 cm³/mol. The third-order valence-corrected chi connectivity index (χ3v) is 5.22. The van der Waals surface area contributed by atoms with E-state index < -0.39 is 33.6 Å². The van der Waals surface area contributed by atoms with Gasteiger partial charge in [0.25, 0.3) is 0 Å². The van der Waals surface area contributed by atoms with Gasteiger partial charge in [0, 0.05) is 12.2 Å². The largest absolute Gasteiger partial charge is 0.311 e. The van der Waals surface area contributed by atoms with Gasteiger partial charge in [0.15, 0.2) is 0 Å². The minimum atomic E-state index is -4.01. The Bertz CT molecular complexity index is 869. The van der Waals surface area contributed by atoms with Crippen LogP contribution in [-0.4, -0.2) is 26.9 Å². The molecule has 1 saturated heterocycles. The van der Waals surface area contributed by atoms with Crippen LogP contribution in [0.1, 0.15) is 6.42 Å². The lowest BCUT2D eigenvalue weighted by Crippen LogP contribution is -2.41. The number of sulfonamides is 1. The minimum absolute atomic E-state index is 0.240. The van der Waals surface area contributed by atoms with Gasteiger partial charge in [-0.25, -0.2) is 17.2 Å². The van der Waals surface area contributed by atoms with Crippen molar-refractivity contribution in [1.82, 2.24) is 4.72 Å². The molecule has 2 aromatic rings. The fourth-order valence-corrected chi connectivity index (χ4v) is 3.81. The topological polar surface area (TPSA) is 66.5 Å². The van der Waals surface area contributed by atoms with E-state index in [0.29, 0.717) is 12.2 Å². The average Bonchev–Trinajstić information content (AvgIpc) is 2.89. The number of hydrogen-bond donors (Lipinski definition) is 1. The van der Waals surface area contributed by atoms with Crippen molar-refractivity contribution in [3.8, 4) is 0 Å². The summed E-state index contributed by atoms with van der Waals surface area (Å²) in [7, 11) is -4.01. The number of rotatable bonds is 4. The second kappa shape index (κ2) is 6.29. The van der Waals surface area contributed by atoms with E-state index in [0.717, 1.165) is 12.1 Å². The molecule has 0 bridgehead atoms. The molecule has 3 rings (SSSR count). The molecule has 1 aliphatic rings. The first-order valence-electron chi connectivity index (χ1n) is 7.22. The normalized spacial score (nSPS) is 18.2. The van der Waals surface area contributed by atoms with E-state index in [4.69, 9.17) is 0 Å².